The number of nitrogens with one attached hydrogen (secondary N) is 1. The number of anilines is 3. The second kappa shape index (κ2) is 8.57. The summed E-state index contributed by atoms with van der Waals surface area (Å²) in [6.45, 7) is 9.88. The van der Waals surface area contributed by atoms with E-state index in [1.807, 2.05) is 38.7 Å². The fraction of sp³-hybridized carbons (Fsp3) is 0.481. The third-order valence-corrected chi connectivity index (χ3v) is 7.43. The van der Waals surface area contributed by atoms with Gasteiger partial charge in [0.15, 0.2) is 5.82 Å². The van der Waals surface area contributed by atoms with Crippen LogP contribution in [0.5, 0.6) is 0 Å². The summed E-state index contributed by atoms with van der Waals surface area (Å²) in [6.07, 6.45) is 7.29. The molecule has 1 saturated carbocycles. The highest BCUT2D eigenvalue weighted by Gasteiger charge is 2.54. The van der Waals surface area contributed by atoms with E-state index >= 15 is 0 Å². The van der Waals surface area contributed by atoms with Gasteiger partial charge in [-0.15, -0.1) is 0 Å². The van der Waals surface area contributed by atoms with Crippen LogP contribution in [0, 0.1) is 12.7 Å². The average Bonchev–Trinajstić information content (AvgIpc) is 3.29. The second-order valence-corrected chi connectivity index (χ2v) is 11.4. The average molecular weight is 522 g/mol. The molecule has 38 heavy (non-hydrogen) atoms. The first-order valence-corrected chi connectivity index (χ1v) is 13.0. The SMILES string of the molecule is Cc1cn2cc(NC(=O)N3CCc4c(N5CCN(C(=O)OC(C)(C)C)C6(CC6)C5)ccnc43)c(F)cc2n1. The summed E-state index contributed by atoms with van der Waals surface area (Å²) in [7, 11) is 0. The van der Waals surface area contributed by atoms with Gasteiger partial charge in [-0.25, -0.2) is 23.9 Å². The highest BCUT2D eigenvalue weighted by Crippen LogP contribution is 2.47. The molecule has 0 atom stereocenters. The van der Waals surface area contributed by atoms with E-state index in [1.54, 1.807) is 21.7 Å². The Morgan fingerprint density at radius 1 is 1.16 bits per heavy atom. The predicted molar refractivity (Wildman–Crippen MR) is 141 cm³/mol. The third-order valence-electron chi connectivity index (χ3n) is 7.43. The van der Waals surface area contributed by atoms with Crippen LogP contribution in [0.3, 0.4) is 0 Å². The molecule has 3 amide bonds. The molecule has 10 nitrogen and oxygen atoms in total. The van der Waals surface area contributed by atoms with Gasteiger partial charge in [0.05, 0.1) is 16.9 Å². The van der Waals surface area contributed by atoms with Crippen molar-refractivity contribution in [3.05, 3.63) is 47.8 Å². The van der Waals surface area contributed by atoms with Crippen LogP contribution in [-0.4, -0.2) is 68.7 Å². The number of rotatable bonds is 2. The molecule has 1 spiro atoms. The van der Waals surface area contributed by atoms with Crippen LogP contribution in [0.1, 0.15) is 44.9 Å². The molecule has 3 aromatic rings. The number of carbonyl (C=O) groups excluding carboxylic acids is 2. The number of carbonyl (C=O) groups is 2. The standard InChI is InChI=1S/C27H32FN7O3/c1-17-14-33-15-20(19(28)13-22(33)30-17)31-24(36)34-10-6-18-21(5-9-29-23(18)34)32-11-12-35(27(16-32)7-8-27)25(37)38-26(2,3)4/h5,9,13-15H,6-8,10-12,16H2,1-4H3,(H,31,36). The monoisotopic (exact) mass is 521 g/mol. The van der Waals surface area contributed by atoms with Crippen molar-refractivity contribution in [1.82, 2.24) is 19.3 Å². The normalized spacial score (nSPS) is 18.2. The molecule has 6 rings (SSSR count). The molecule has 0 radical (unpaired) electrons. The number of fused-ring (bicyclic) bond motifs is 2. The van der Waals surface area contributed by atoms with Crippen LogP contribution in [0.2, 0.25) is 0 Å². The van der Waals surface area contributed by atoms with Gasteiger partial charge in [-0.3, -0.25) is 9.80 Å². The van der Waals surface area contributed by atoms with E-state index in [2.05, 4.69) is 20.2 Å². The molecule has 1 aliphatic carbocycles. The van der Waals surface area contributed by atoms with Crippen molar-refractivity contribution >= 4 is 35.0 Å². The summed E-state index contributed by atoms with van der Waals surface area (Å²) < 4.78 is 22.0. The van der Waals surface area contributed by atoms with E-state index in [9.17, 15) is 14.0 Å². The Bertz CT molecular complexity index is 1440. The zero-order valence-corrected chi connectivity index (χ0v) is 22.1. The van der Waals surface area contributed by atoms with E-state index in [-0.39, 0.29) is 17.3 Å². The van der Waals surface area contributed by atoms with Gasteiger partial charge in [0.2, 0.25) is 0 Å². The molecule has 0 unspecified atom stereocenters. The van der Waals surface area contributed by atoms with Crippen LogP contribution in [-0.2, 0) is 11.2 Å². The Labute approximate surface area is 220 Å². The van der Waals surface area contributed by atoms with Crippen LogP contribution in [0.25, 0.3) is 5.65 Å². The number of hydrogen-bond donors (Lipinski definition) is 1. The highest BCUT2D eigenvalue weighted by molar-refractivity contribution is 6.03. The molecule has 3 aliphatic rings. The number of hydrogen-bond acceptors (Lipinski definition) is 6. The van der Waals surface area contributed by atoms with E-state index < -0.39 is 17.4 Å². The number of imidazole rings is 1. The zero-order valence-electron chi connectivity index (χ0n) is 22.1. The van der Waals surface area contributed by atoms with Gasteiger partial charge < -0.3 is 19.4 Å². The van der Waals surface area contributed by atoms with Gasteiger partial charge in [0.25, 0.3) is 0 Å². The molecule has 1 N–H and O–H groups in total. The molecular weight excluding hydrogens is 489 g/mol. The number of aromatic nitrogens is 3. The molecule has 2 fully saturated rings. The summed E-state index contributed by atoms with van der Waals surface area (Å²) >= 11 is 0. The quantitative estimate of drug-likeness (QED) is 0.539. The zero-order chi connectivity index (χ0) is 26.8. The lowest BCUT2D eigenvalue weighted by Crippen LogP contribution is -2.58. The van der Waals surface area contributed by atoms with Crippen LogP contribution in [0.15, 0.2) is 30.7 Å². The summed E-state index contributed by atoms with van der Waals surface area (Å²) in [5.41, 5.74) is 2.60. The van der Waals surface area contributed by atoms with Crippen molar-refractivity contribution < 1.29 is 18.7 Å². The predicted octanol–water partition coefficient (Wildman–Crippen LogP) is 4.36. The molecule has 2 aliphatic heterocycles. The minimum absolute atomic E-state index is 0.0819. The fourth-order valence-electron chi connectivity index (χ4n) is 5.54. The lowest BCUT2D eigenvalue weighted by atomic mass is 10.1. The smallest absolute Gasteiger partial charge is 0.410 e. The first-order chi connectivity index (χ1) is 18.0. The Hall–Kier alpha value is -3.89. The number of ether oxygens (including phenoxy) is 1. The lowest BCUT2D eigenvalue weighted by Gasteiger charge is -2.43. The van der Waals surface area contributed by atoms with Crippen molar-refractivity contribution in [1.29, 1.82) is 0 Å². The number of piperazine rings is 1. The van der Waals surface area contributed by atoms with E-state index in [0.717, 1.165) is 29.8 Å². The van der Waals surface area contributed by atoms with Gasteiger partial charge in [-0.1, -0.05) is 0 Å². The van der Waals surface area contributed by atoms with Crippen LogP contribution in [0.4, 0.5) is 31.2 Å². The van der Waals surface area contributed by atoms with E-state index in [4.69, 9.17) is 4.74 Å². The number of halogens is 1. The molecule has 0 aromatic carbocycles. The third kappa shape index (κ3) is 4.29. The molecule has 5 heterocycles. The minimum atomic E-state index is -0.546. The number of nitrogens with zero attached hydrogens (tertiary/aromatic N) is 6. The maximum Gasteiger partial charge on any atom is 0.410 e. The lowest BCUT2D eigenvalue weighted by molar-refractivity contribution is 0.0106. The molecule has 0 bridgehead atoms. The van der Waals surface area contributed by atoms with Gasteiger partial charge in [-0.2, -0.15) is 0 Å². The van der Waals surface area contributed by atoms with E-state index in [0.29, 0.717) is 44.1 Å². The molecule has 1 saturated heterocycles. The Morgan fingerprint density at radius 3 is 2.68 bits per heavy atom. The maximum atomic E-state index is 14.7. The summed E-state index contributed by atoms with van der Waals surface area (Å²) in [5.74, 6) is 0.0366. The molecular formula is C27H32FN7O3. The van der Waals surface area contributed by atoms with Crippen LogP contribution < -0.4 is 15.1 Å². The van der Waals surface area contributed by atoms with Gasteiger partial charge >= 0.3 is 12.1 Å². The molecule has 11 heteroatoms. The summed E-state index contributed by atoms with van der Waals surface area (Å²) in [5, 5.41) is 2.71. The summed E-state index contributed by atoms with van der Waals surface area (Å²) in [6, 6.07) is 2.85. The second-order valence-electron chi connectivity index (χ2n) is 11.4. The number of pyridine rings is 2. The largest absolute Gasteiger partial charge is 0.444 e. The van der Waals surface area contributed by atoms with Crippen molar-refractivity contribution in [2.45, 2.75) is 58.1 Å². The van der Waals surface area contributed by atoms with Crippen molar-refractivity contribution in [2.75, 3.05) is 41.3 Å². The Morgan fingerprint density at radius 2 is 1.95 bits per heavy atom. The van der Waals surface area contributed by atoms with E-state index in [1.165, 1.54) is 12.3 Å². The minimum Gasteiger partial charge on any atom is -0.444 e. The highest BCUT2D eigenvalue weighted by atomic mass is 19.1. The molecule has 3 aromatic heterocycles. The Kier molecular flexibility index (Phi) is 5.51. The van der Waals surface area contributed by atoms with Gasteiger partial charge in [-0.05, 0) is 53.0 Å². The first-order valence-electron chi connectivity index (χ1n) is 13.0. The van der Waals surface area contributed by atoms with Gasteiger partial charge in [0, 0.05) is 62.1 Å². The maximum absolute atomic E-state index is 14.7. The van der Waals surface area contributed by atoms with Gasteiger partial charge in [0.1, 0.15) is 17.1 Å². The number of amides is 3. The Balaban J connectivity index is 1.20. The van der Waals surface area contributed by atoms with Crippen molar-refractivity contribution in [3.8, 4) is 0 Å². The summed E-state index contributed by atoms with van der Waals surface area (Å²) in [4.78, 5) is 40.6. The first kappa shape index (κ1) is 24.4. The number of urea groups is 1. The van der Waals surface area contributed by atoms with Crippen molar-refractivity contribution in [2.24, 2.45) is 0 Å². The van der Waals surface area contributed by atoms with Crippen LogP contribution >= 0.6 is 0 Å². The number of aryl methyl sites for hydroxylation is 1. The topological polar surface area (TPSA) is 95.3 Å². The fourth-order valence-corrected chi connectivity index (χ4v) is 5.54. The van der Waals surface area contributed by atoms with Crippen molar-refractivity contribution in [3.63, 3.8) is 0 Å². The molecule has 200 valence electrons.